The third-order valence-corrected chi connectivity index (χ3v) is 5.82. The van der Waals surface area contributed by atoms with Gasteiger partial charge >= 0.3 is 0 Å². The molecule has 0 heterocycles. The molecule has 4 nitrogen and oxygen atoms in total. The Bertz CT molecular complexity index is 567. The lowest BCUT2D eigenvalue weighted by Gasteiger charge is -2.22. The number of nitrogens with two attached hydrogens (primary N) is 1. The largest absolute Gasteiger partial charge is 0.326 e. The highest BCUT2D eigenvalue weighted by Crippen LogP contribution is 2.24. The molecule has 0 amide bonds. The lowest BCUT2D eigenvalue weighted by atomic mass is 10.1. The maximum absolute atomic E-state index is 12.7. The first-order valence-corrected chi connectivity index (χ1v) is 8.44. The van der Waals surface area contributed by atoms with Crippen molar-refractivity contribution in [1.29, 1.82) is 0 Å². The Morgan fingerprint density at radius 3 is 2.40 bits per heavy atom. The van der Waals surface area contributed by atoms with E-state index in [1.165, 1.54) is 4.31 Å². The van der Waals surface area contributed by atoms with Crippen LogP contribution in [0.3, 0.4) is 0 Å². The van der Waals surface area contributed by atoms with E-state index < -0.39 is 10.0 Å². The highest BCUT2D eigenvalue weighted by Gasteiger charge is 2.24. The van der Waals surface area contributed by atoms with Gasteiger partial charge in [-0.25, -0.2) is 12.7 Å². The van der Waals surface area contributed by atoms with E-state index >= 15 is 0 Å². The predicted molar refractivity (Wildman–Crippen MR) is 83.1 cm³/mol. The molecule has 5 heteroatoms. The molecule has 20 heavy (non-hydrogen) atoms. The van der Waals surface area contributed by atoms with Gasteiger partial charge in [-0.2, -0.15) is 0 Å². The maximum atomic E-state index is 12.7. The number of benzene rings is 1. The second kappa shape index (κ2) is 6.70. The van der Waals surface area contributed by atoms with E-state index in [-0.39, 0.29) is 0 Å². The molecule has 0 aromatic heterocycles. The van der Waals surface area contributed by atoms with Gasteiger partial charge in [0.25, 0.3) is 0 Å². The Kier molecular flexibility index (Phi) is 5.74. The highest BCUT2D eigenvalue weighted by molar-refractivity contribution is 7.89. The molecule has 114 valence electrons. The SMILES string of the molecule is CCC(C)CN(C)S(=O)(=O)c1cc(CN)cc(C)c1C. The van der Waals surface area contributed by atoms with Gasteiger partial charge in [-0.3, -0.25) is 0 Å². The average Bonchev–Trinajstić information content (AvgIpc) is 2.40. The van der Waals surface area contributed by atoms with Gasteiger partial charge in [-0.15, -0.1) is 0 Å². The molecule has 1 unspecified atom stereocenters. The summed E-state index contributed by atoms with van der Waals surface area (Å²) in [7, 11) is -1.81. The van der Waals surface area contributed by atoms with Crippen molar-refractivity contribution in [1.82, 2.24) is 4.31 Å². The maximum Gasteiger partial charge on any atom is 0.243 e. The molecule has 1 aromatic rings. The molecular weight excluding hydrogens is 272 g/mol. The standard InChI is InChI=1S/C15H26N2O2S/c1-6-11(2)10-17(5)20(18,19)15-8-14(9-16)7-12(3)13(15)4/h7-8,11H,6,9-10,16H2,1-5H3. The minimum Gasteiger partial charge on any atom is -0.326 e. The Morgan fingerprint density at radius 2 is 1.90 bits per heavy atom. The summed E-state index contributed by atoms with van der Waals surface area (Å²) >= 11 is 0. The van der Waals surface area contributed by atoms with E-state index in [4.69, 9.17) is 5.73 Å². The molecule has 0 fully saturated rings. The van der Waals surface area contributed by atoms with Crippen LogP contribution in [0, 0.1) is 19.8 Å². The highest BCUT2D eigenvalue weighted by atomic mass is 32.2. The Hall–Kier alpha value is -0.910. The molecule has 0 spiro atoms. The fourth-order valence-electron chi connectivity index (χ4n) is 2.12. The number of sulfonamides is 1. The number of hydrogen-bond acceptors (Lipinski definition) is 3. The topological polar surface area (TPSA) is 63.4 Å². The molecular formula is C15H26N2O2S. The molecule has 0 radical (unpaired) electrons. The summed E-state index contributed by atoms with van der Waals surface area (Å²) in [6.45, 7) is 8.76. The fourth-order valence-corrected chi connectivity index (χ4v) is 3.75. The third kappa shape index (κ3) is 3.59. The van der Waals surface area contributed by atoms with Crippen molar-refractivity contribution in [3.05, 3.63) is 28.8 Å². The minimum absolute atomic E-state index is 0.342. The molecule has 0 saturated carbocycles. The van der Waals surface area contributed by atoms with Crippen molar-refractivity contribution in [3.8, 4) is 0 Å². The Balaban J connectivity index is 3.24. The summed E-state index contributed by atoms with van der Waals surface area (Å²) in [6, 6.07) is 3.65. The first-order chi connectivity index (χ1) is 9.23. The smallest absolute Gasteiger partial charge is 0.243 e. The van der Waals surface area contributed by atoms with Gasteiger partial charge in [-0.05, 0) is 42.5 Å². The van der Waals surface area contributed by atoms with Crippen LogP contribution in [-0.4, -0.2) is 26.3 Å². The molecule has 1 rings (SSSR count). The lowest BCUT2D eigenvalue weighted by molar-refractivity contribution is 0.393. The van der Waals surface area contributed by atoms with Crippen LogP contribution < -0.4 is 5.73 Å². The van der Waals surface area contributed by atoms with Crippen molar-refractivity contribution in [3.63, 3.8) is 0 Å². The third-order valence-electron chi connectivity index (χ3n) is 3.87. The second-order valence-electron chi connectivity index (χ2n) is 5.54. The van der Waals surface area contributed by atoms with Crippen molar-refractivity contribution in [2.45, 2.75) is 45.6 Å². The van der Waals surface area contributed by atoms with Crippen molar-refractivity contribution >= 4 is 10.0 Å². The molecule has 0 aliphatic rings. The van der Waals surface area contributed by atoms with Crippen LogP contribution in [0.2, 0.25) is 0 Å². The summed E-state index contributed by atoms with van der Waals surface area (Å²) in [5.41, 5.74) is 8.27. The number of aryl methyl sites for hydroxylation is 1. The van der Waals surface area contributed by atoms with Crippen LogP contribution in [-0.2, 0) is 16.6 Å². The molecule has 1 atom stereocenters. The molecule has 0 aliphatic carbocycles. The molecule has 0 saturated heterocycles. The number of hydrogen-bond donors (Lipinski definition) is 1. The van der Waals surface area contributed by atoms with Gasteiger partial charge in [0.15, 0.2) is 0 Å². The zero-order valence-electron chi connectivity index (χ0n) is 13.1. The quantitative estimate of drug-likeness (QED) is 0.877. The van der Waals surface area contributed by atoms with E-state index in [0.717, 1.165) is 23.1 Å². The average molecular weight is 298 g/mol. The first-order valence-electron chi connectivity index (χ1n) is 7.00. The van der Waals surface area contributed by atoms with Crippen molar-refractivity contribution in [2.24, 2.45) is 11.7 Å². The summed E-state index contributed by atoms with van der Waals surface area (Å²) < 4.78 is 26.9. The minimum atomic E-state index is -3.45. The van der Waals surface area contributed by atoms with Gasteiger partial charge in [0.2, 0.25) is 10.0 Å². The molecule has 2 N–H and O–H groups in total. The van der Waals surface area contributed by atoms with Gasteiger partial charge in [0.05, 0.1) is 4.90 Å². The van der Waals surface area contributed by atoms with Crippen LogP contribution in [0.4, 0.5) is 0 Å². The van der Waals surface area contributed by atoms with E-state index in [0.29, 0.717) is 23.9 Å². The normalized spacial score (nSPS) is 13.8. The number of nitrogens with zero attached hydrogens (tertiary/aromatic N) is 1. The van der Waals surface area contributed by atoms with Gasteiger partial charge in [0.1, 0.15) is 0 Å². The van der Waals surface area contributed by atoms with Crippen LogP contribution in [0.5, 0.6) is 0 Å². The summed E-state index contributed by atoms with van der Waals surface area (Å²) in [6.07, 6.45) is 0.959. The summed E-state index contributed by atoms with van der Waals surface area (Å²) in [5.74, 6) is 0.342. The van der Waals surface area contributed by atoms with Crippen LogP contribution in [0.15, 0.2) is 17.0 Å². The van der Waals surface area contributed by atoms with Gasteiger partial charge in [-0.1, -0.05) is 26.3 Å². The van der Waals surface area contributed by atoms with Crippen LogP contribution >= 0.6 is 0 Å². The lowest BCUT2D eigenvalue weighted by Crippen LogP contribution is -2.31. The number of rotatable bonds is 6. The summed E-state index contributed by atoms with van der Waals surface area (Å²) in [4.78, 5) is 0.378. The zero-order valence-corrected chi connectivity index (χ0v) is 13.9. The van der Waals surface area contributed by atoms with Gasteiger partial charge < -0.3 is 5.73 Å². The van der Waals surface area contributed by atoms with E-state index in [1.807, 2.05) is 19.9 Å². The van der Waals surface area contributed by atoms with Gasteiger partial charge in [0, 0.05) is 20.1 Å². The summed E-state index contributed by atoms with van der Waals surface area (Å²) in [5, 5.41) is 0. The monoisotopic (exact) mass is 298 g/mol. The Morgan fingerprint density at radius 1 is 1.30 bits per heavy atom. The van der Waals surface area contributed by atoms with Crippen LogP contribution in [0.25, 0.3) is 0 Å². The second-order valence-corrected chi connectivity index (χ2v) is 7.55. The van der Waals surface area contributed by atoms with Crippen molar-refractivity contribution in [2.75, 3.05) is 13.6 Å². The van der Waals surface area contributed by atoms with E-state index in [1.54, 1.807) is 13.1 Å². The van der Waals surface area contributed by atoms with E-state index in [9.17, 15) is 8.42 Å². The molecule has 0 bridgehead atoms. The Labute approximate surface area is 123 Å². The van der Waals surface area contributed by atoms with Crippen LogP contribution in [0.1, 0.15) is 37.0 Å². The van der Waals surface area contributed by atoms with E-state index in [2.05, 4.69) is 13.8 Å². The predicted octanol–water partition coefficient (Wildman–Crippen LogP) is 2.43. The fraction of sp³-hybridized carbons (Fsp3) is 0.600. The first kappa shape index (κ1) is 17.1. The van der Waals surface area contributed by atoms with Crippen molar-refractivity contribution < 1.29 is 8.42 Å². The molecule has 1 aromatic carbocycles. The zero-order chi connectivity index (χ0) is 15.5. The molecule has 0 aliphatic heterocycles.